The molecule has 0 fully saturated rings. The third kappa shape index (κ3) is 4.44. The summed E-state index contributed by atoms with van der Waals surface area (Å²) in [6, 6.07) is 4.58. The van der Waals surface area contributed by atoms with Crippen molar-refractivity contribution in [3.05, 3.63) is 28.8 Å². The molecule has 1 rings (SSSR count). The number of nitrogens with one attached hydrogen (secondary N) is 1. The van der Waals surface area contributed by atoms with E-state index in [-0.39, 0.29) is 18.4 Å². The van der Waals surface area contributed by atoms with Crippen LogP contribution in [0.3, 0.4) is 0 Å². The quantitative estimate of drug-likeness (QED) is 0.805. The van der Waals surface area contributed by atoms with Crippen molar-refractivity contribution in [2.24, 2.45) is 0 Å². The van der Waals surface area contributed by atoms with Gasteiger partial charge in [-0.3, -0.25) is 9.59 Å². The monoisotopic (exact) mass is 283 g/mol. The van der Waals surface area contributed by atoms with Crippen molar-refractivity contribution in [3.63, 3.8) is 0 Å². The number of carbonyl (C=O) groups is 2. The maximum absolute atomic E-state index is 11.9. The first-order valence-corrected chi connectivity index (χ1v) is 6.47. The lowest BCUT2D eigenvalue weighted by Gasteiger charge is -2.18. The average Bonchev–Trinajstić information content (AvgIpc) is 2.36. The van der Waals surface area contributed by atoms with Crippen LogP contribution < -0.4 is 11.1 Å². The Morgan fingerprint density at radius 3 is 2.42 bits per heavy atom. The summed E-state index contributed by atoms with van der Waals surface area (Å²) in [6.45, 7) is 4.99. The van der Waals surface area contributed by atoms with E-state index in [9.17, 15) is 9.59 Å². The van der Waals surface area contributed by atoms with Gasteiger partial charge in [-0.25, -0.2) is 0 Å². The molecule has 2 amide bonds. The molecular weight excluding hydrogens is 266 g/mol. The van der Waals surface area contributed by atoms with Crippen LogP contribution in [0.5, 0.6) is 0 Å². The van der Waals surface area contributed by atoms with Crippen molar-refractivity contribution in [2.75, 3.05) is 25.4 Å². The number of nitrogens with two attached hydrogens (primary N) is 1. The van der Waals surface area contributed by atoms with Crippen molar-refractivity contribution in [1.29, 1.82) is 0 Å². The minimum Gasteiger partial charge on any atom is -0.399 e. The molecule has 0 radical (unpaired) electrons. The second-order valence-corrected chi connectivity index (χ2v) is 4.46. The lowest BCUT2D eigenvalue weighted by atomic mass is 10.2. The van der Waals surface area contributed by atoms with Gasteiger partial charge < -0.3 is 16.0 Å². The normalized spacial score (nSPS) is 10.1. The molecule has 1 aromatic rings. The van der Waals surface area contributed by atoms with Crippen LogP contribution in [0.2, 0.25) is 5.02 Å². The highest BCUT2D eigenvalue weighted by Crippen LogP contribution is 2.16. The minimum absolute atomic E-state index is 0.0348. The van der Waals surface area contributed by atoms with Crippen LogP contribution in [0.25, 0.3) is 0 Å². The summed E-state index contributed by atoms with van der Waals surface area (Å²) in [6.07, 6.45) is 0. The number of likely N-dealkylation sites (N-methyl/N-ethyl adjacent to an activating group) is 1. The molecule has 104 valence electrons. The zero-order valence-electron chi connectivity index (χ0n) is 11.1. The zero-order valence-corrected chi connectivity index (χ0v) is 11.8. The van der Waals surface area contributed by atoms with E-state index in [0.29, 0.717) is 29.4 Å². The Hall–Kier alpha value is -1.75. The maximum atomic E-state index is 11.9. The van der Waals surface area contributed by atoms with Gasteiger partial charge in [0.25, 0.3) is 5.91 Å². The van der Waals surface area contributed by atoms with Gasteiger partial charge in [0.05, 0.1) is 6.54 Å². The lowest BCUT2D eigenvalue weighted by molar-refractivity contribution is -0.129. The van der Waals surface area contributed by atoms with Gasteiger partial charge in [-0.1, -0.05) is 11.6 Å². The van der Waals surface area contributed by atoms with Crippen LogP contribution >= 0.6 is 11.6 Å². The van der Waals surface area contributed by atoms with Crippen molar-refractivity contribution in [1.82, 2.24) is 10.2 Å². The fourth-order valence-corrected chi connectivity index (χ4v) is 1.93. The van der Waals surface area contributed by atoms with E-state index in [1.54, 1.807) is 11.0 Å². The van der Waals surface area contributed by atoms with Gasteiger partial charge in [0.15, 0.2) is 0 Å². The van der Waals surface area contributed by atoms with E-state index in [1.807, 2.05) is 13.8 Å². The summed E-state index contributed by atoms with van der Waals surface area (Å²) in [4.78, 5) is 25.2. The Kier molecular flexibility index (Phi) is 5.63. The highest BCUT2D eigenvalue weighted by molar-refractivity contribution is 6.31. The summed E-state index contributed by atoms with van der Waals surface area (Å²) in [5, 5.41) is 2.95. The number of anilines is 1. The number of hydrogen-bond acceptors (Lipinski definition) is 3. The lowest BCUT2D eigenvalue weighted by Crippen LogP contribution is -2.40. The van der Waals surface area contributed by atoms with Gasteiger partial charge in [0.1, 0.15) is 0 Å². The largest absolute Gasteiger partial charge is 0.399 e. The Bertz CT molecular complexity index is 453. The molecule has 0 heterocycles. The number of carbonyl (C=O) groups excluding carboxylic acids is 2. The fourth-order valence-electron chi connectivity index (χ4n) is 1.69. The van der Waals surface area contributed by atoms with Gasteiger partial charge in [-0.15, -0.1) is 0 Å². The minimum atomic E-state index is -0.366. The Morgan fingerprint density at radius 1 is 1.26 bits per heavy atom. The van der Waals surface area contributed by atoms with Gasteiger partial charge in [0, 0.05) is 29.4 Å². The topological polar surface area (TPSA) is 75.4 Å². The molecule has 0 aliphatic heterocycles. The predicted octanol–water partition coefficient (Wildman–Crippen LogP) is 1.52. The molecule has 19 heavy (non-hydrogen) atoms. The SMILES string of the molecule is CCN(CC)C(=O)CNC(=O)c1cc(N)cc(Cl)c1. The molecule has 0 aliphatic rings. The first kappa shape index (κ1) is 15.3. The Labute approximate surface area is 117 Å². The molecule has 3 N–H and O–H groups in total. The van der Waals surface area contributed by atoms with Crippen LogP contribution in [0, 0.1) is 0 Å². The van der Waals surface area contributed by atoms with E-state index in [4.69, 9.17) is 17.3 Å². The molecule has 0 atom stereocenters. The Morgan fingerprint density at radius 2 is 1.89 bits per heavy atom. The van der Waals surface area contributed by atoms with E-state index in [0.717, 1.165) is 0 Å². The number of nitrogen functional groups attached to an aromatic ring is 1. The zero-order chi connectivity index (χ0) is 14.4. The number of benzene rings is 1. The van der Waals surface area contributed by atoms with E-state index in [2.05, 4.69) is 5.32 Å². The molecule has 5 nitrogen and oxygen atoms in total. The molecule has 0 unspecified atom stereocenters. The molecule has 0 spiro atoms. The fraction of sp³-hybridized carbons (Fsp3) is 0.385. The van der Waals surface area contributed by atoms with Gasteiger partial charge in [-0.2, -0.15) is 0 Å². The van der Waals surface area contributed by atoms with Crippen molar-refractivity contribution in [3.8, 4) is 0 Å². The Balaban J connectivity index is 2.63. The highest BCUT2D eigenvalue weighted by atomic mass is 35.5. The summed E-state index contributed by atoms with van der Waals surface area (Å²) >= 11 is 5.82. The number of rotatable bonds is 5. The van der Waals surface area contributed by atoms with Crippen molar-refractivity contribution in [2.45, 2.75) is 13.8 Å². The molecule has 6 heteroatoms. The van der Waals surface area contributed by atoms with Crippen LogP contribution in [0.15, 0.2) is 18.2 Å². The second kappa shape index (κ2) is 6.99. The standard InChI is InChI=1S/C13H18ClN3O2/c1-3-17(4-2)12(18)8-16-13(19)9-5-10(14)7-11(15)6-9/h5-7H,3-4,8,15H2,1-2H3,(H,16,19). The predicted molar refractivity (Wildman–Crippen MR) is 76.1 cm³/mol. The van der Waals surface area contributed by atoms with Crippen LogP contribution in [-0.2, 0) is 4.79 Å². The number of nitrogens with zero attached hydrogens (tertiary/aromatic N) is 1. The van der Waals surface area contributed by atoms with Crippen LogP contribution in [0.1, 0.15) is 24.2 Å². The number of halogens is 1. The molecule has 0 bridgehead atoms. The first-order valence-electron chi connectivity index (χ1n) is 6.10. The molecule has 0 aliphatic carbocycles. The van der Waals surface area contributed by atoms with Crippen LogP contribution in [-0.4, -0.2) is 36.3 Å². The van der Waals surface area contributed by atoms with Crippen molar-refractivity contribution >= 4 is 29.1 Å². The number of amides is 2. The smallest absolute Gasteiger partial charge is 0.251 e. The molecule has 1 aromatic carbocycles. The second-order valence-electron chi connectivity index (χ2n) is 4.02. The third-order valence-corrected chi connectivity index (χ3v) is 2.92. The summed E-state index contributed by atoms with van der Waals surface area (Å²) in [5.41, 5.74) is 6.36. The van der Waals surface area contributed by atoms with Gasteiger partial charge >= 0.3 is 0 Å². The summed E-state index contributed by atoms with van der Waals surface area (Å²) in [5.74, 6) is -0.483. The maximum Gasteiger partial charge on any atom is 0.251 e. The third-order valence-electron chi connectivity index (χ3n) is 2.70. The van der Waals surface area contributed by atoms with E-state index in [1.165, 1.54) is 12.1 Å². The molecular formula is C13H18ClN3O2. The highest BCUT2D eigenvalue weighted by Gasteiger charge is 2.12. The van der Waals surface area contributed by atoms with Gasteiger partial charge in [0.2, 0.25) is 5.91 Å². The van der Waals surface area contributed by atoms with Crippen LogP contribution in [0.4, 0.5) is 5.69 Å². The molecule has 0 saturated carbocycles. The number of hydrogen-bond donors (Lipinski definition) is 2. The molecule has 0 saturated heterocycles. The summed E-state index contributed by atoms with van der Waals surface area (Å²) in [7, 11) is 0. The van der Waals surface area contributed by atoms with Gasteiger partial charge in [-0.05, 0) is 32.0 Å². The summed E-state index contributed by atoms with van der Waals surface area (Å²) < 4.78 is 0. The van der Waals surface area contributed by atoms with Crippen molar-refractivity contribution < 1.29 is 9.59 Å². The van der Waals surface area contributed by atoms with E-state index < -0.39 is 0 Å². The van der Waals surface area contributed by atoms with E-state index >= 15 is 0 Å². The first-order chi connectivity index (χ1) is 8.97. The molecule has 0 aromatic heterocycles. The average molecular weight is 284 g/mol.